The number of urea groups is 1. The van der Waals surface area contributed by atoms with Crippen molar-refractivity contribution >= 4 is 21.8 Å². The van der Waals surface area contributed by atoms with Gasteiger partial charge in [-0.05, 0) is 0 Å². The van der Waals surface area contributed by atoms with E-state index >= 15 is 0 Å². The summed E-state index contributed by atoms with van der Waals surface area (Å²) < 4.78 is 27.6. The molecule has 0 saturated carbocycles. The third-order valence-corrected chi connectivity index (χ3v) is 4.84. The van der Waals surface area contributed by atoms with Gasteiger partial charge < -0.3 is 19.6 Å². The number of carboxylic acid groups (broad SMARTS) is 1. The van der Waals surface area contributed by atoms with Crippen LogP contribution in [0.25, 0.3) is 0 Å². The van der Waals surface area contributed by atoms with Crippen LogP contribution in [0, 0.1) is 0 Å². The van der Waals surface area contributed by atoms with Crippen LogP contribution in [0.3, 0.4) is 0 Å². The lowest BCUT2D eigenvalue weighted by molar-refractivity contribution is -0.154. The Morgan fingerprint density at radius 3 is 2.32 bits per heavy atom. The Hall–Kier alpha value is -1.35. The molecule has 2 fully saturated rings. The van der Waals surface area contributed by atoms with Crippen molar-refractivity contribution in [2.45, 2.75) is 6.10 Å². The monoisotopic (exact) mass is 292 g/mol. The van der Waals surface area contributed by atoms with Crippen molar-refractivity contribution in [3.63, 3.8) is 0 Å². The number of sulfone groups is 1. The van der Waals surface area contributed by atoms with Crippen LogP contribution in [-0.4, -0.2) is 85.7 Å². The molecule has 8 nitrogen and oxygen atoms in total. The molecule has 2 aliphatic heterocycles. The van der Waals surface area contributed by atoms with E-state index in [-0.39, 0.29) is 43.8 Å². The summed E-state index contributed by atoms with van der Waals surface area (Å²) in [6.45, 7) is 0.824. The van der Waals surface area contributed by atoms with Crippen molar-refractivity contribution in [2.75, 3.05) is 44.3 Å². The summed E-state index contributed by atoms with van der Waals surface area (Å²) in [7, 11) is -3.04. The molecular formula is C10H16N2O6S. The molecule has 19 heavy (non-hydrogen) atoms. The maximum Gasteiger partial charge on any atom is 0.334 e. The smallest absolute Gasteiger partial charge is 0.334 e. The Morgan fingerprint density at radius 2 is 1.74 bits per heavy atom. The molecule has 2 aliphatic rings. The topological polar surface area (TPSA) is 104 Å². The first kappa shape index (κ1) is 14.1. The standard InChI is InChI=1S/C10H16N2O6S/c13-9(14)8-7-12(1-4-18-8)10(15)11-2-5-19(16,17)6-3-11/h8H,1-7H2,(H,13,14). The van der Waals surface area contributed by atoms with Crippen LogP contribution in [0.15, 0.2) is 0 Å². The summed E-state index contributed by atoms with van der Waals surface area (Å²) in [6.07, 6.45) is -1.01. The summed E-state index contributed by atoms with van der Waals surface area (Å²) >= 11 is 0. The second kappa shape index (κ2) is 5.33. The van der Waals surface area contributed by atoms with Gasteiger partial charge in [0.1, 0.15) is 0 Å². The van der Waals surface area contributed by atoms with Gasteiger partial charge in [-0.3, -0.25) is 0 Å². The highest BCUT2D eigenvalue weighted by Gasteiger charge is 2.33. The summed E-state index contributed by atoms with van der Waals surface area (Å²) in [5.41, 5.74) is 0. The van der Waals surface area contributed by atoms with Crippen LogP contribution in [0.5, 0.6) is 0 Å². The van der Waals surface area contributed by atoms with Crippen LogP contribution in [0.4, 0.5) is 4.79 Å². The van der Waals surface area contributed by atoms with Crippen LogP contribution < -0.4 is 0 Å². The average molecular weight is 292 g/mol. The zero-order chi connectivity index (χ0) is 14.0. The molecule has 2 saturated heterocycles. The molecule has 0 spiro atoms. The number of carboxylic acids is 1. The third-order valence-electron chi connectivity index (χ3n) is 3.23. The van der Waals surface area contributed by atoms with Gasteiger partial charge in [-0.25, -0.2) is 18.0 Å². The van der Waals surface area contributed by atoms with E-state index in [4.69, 9.17) is 9.84 Å². The fourth-order valence-electron chi connectivity index (χ4n) is 2.08. The maximum absolute atomic E-state index is 12.1. The van der Waals surface area contributed by atoms with Crippen molar-refractivity contribution < 1.29 is 27.9 Å². The lowest BCUT2D eigenvalue weighted by Gasteiger charge is -2.36. The Balaban J connectivity index is 1.94. The molecule has 0 aromatic carbocycles. The zero-order valence-corrected chi connectivity index (χ0v) is 11.1. The minimum atomic E-state index is -3.04. The molecule has 0 radical (unpaired) electrons. The van der Waals surface area contributed by atoms with E-state index in [1.165, 1.54) is 9.80 Å². The molecule has 2 heterocycles. The van der Waals surface area contributed by atoms with E-state index in [1.807, 2.05) is 0 Å². The Bertz CT molecular complexity index is 462. The van der Waals surface area contributed by atoms with Crippen molar-refractivity contribution in [3.8, 4) is 0 Å². The molecular weight excluding hydrogens is 276 g/mol. The fraction of sp³-hybridized carbons (Fsp3) is 0.800. The van der Waals surface area contributed by atoms with Crippen molar-refractivity contribution in [3.05, 3.63) is 0 Å². The quantitative estimate of drug-likeness (QED) is 0.639. The number of morpholine rings is 1. The van der Waals surface area contributed by atoms with Crippen LogP contribution in [-0.2, 0) is 19.4 Å². The van der Waals surface area contributed by atoms with Crippen molar-refractivity contribution in [2.24, 2.45) is 0 Å². The average Bonchev–Trinajstić information content (AvgIpc) is 2.38. The van der Waals surface area contributed by atoms with E-state index in [2.05, 4.69) is 0 Å². The van der Waals surface area contributed by atoms with Gasteiger partial charge in [0, 0.05) is 19.6 Å². The van der Waals surface area contributed by atoms with E-state index in [9.17, 15) is 18.0 Å². The minimum Gasteiger partial charge on any atom is -0.479 e. The highest BCUT2D eigenvalue weighted by Crippen LogP contribution is 2.11. The van der Waals surface area contributed by atoms with Crippen LogP contribution in [0.1, 0.15) is 0 Å². The number of nitrogens with zero attached hydrogens (tertiary/aromatic N) is 2. The second-order valence-corrected chi connectivity index (χ2v) is 6.87. The van der Waals surface area contributed by atoms with Gasteiger partial charge in [0.05, 0.1) is 24.7 Å². The third kappa shape index (κ3) is 3.35. The summed E-state index contributed by atoms with van der Waals surface area (Å²) in [5, 5.41) is 8.86. The van der Waals surface area contributed by atoms with Crippen LogP contribution in [0.2, 0.25) is 0 Å². The first-order valence-corrected chi connectivity index (χ1v) is 7.80. The van der Waals surface area contributed by atoms with Gasteiger partial charge in [0.2, 0.25) is 0 Å². The Kier molecular flexibility index (Phi) is 3.95. The molecule has 1 N–H and O–H groups in total. The highest BCUT2D eigenvalue weighted by molar-refractivity contribution is 7.91. The molecule has 2 amide bonds. The number of hydrogen-bond acceptors (Lipinski definition) is 5. The summed E-state index contributed by atoms with van der Waals surface area (Å²) in [4.78, 5) is 25.8. The number of ether oxygens (including phenoxy) is 1. The van der Waals surface area contributed by atoms with E-state index < -0.39 is 21.9 Å². The number of aliphatic carboxylic acids is 1. The number of carbonyl (C=O) groups is 2. The van der Waals surface area contributed by atoms with Crippen molar-refractivity contribution in [1.29, 1.82) is 0 Å². The number of carbonyl (C=O) groups excluding carboxylic acids is 1. The van der Waals surface area contributed by atoms with Gasteiger partial charge in [0.15, 0.2) is 15.9 Å². The normalized spacial score (nSPS) is 27.1. The predicted molar refractivity (Wildman–Crippen MR) is 64.6 cm³/mol. The molecule has 1 atom stereocenters. The molecule has 9 heteroatoms. The molecule has 0 aromatic rings. The van der Waals surface area contributed by atoms with Crippen molar-refractivity contribution in [1.82, 2.24) is 9.80 Å². The lowest BCUT2D eigenvalue weighted by Crippen LogP contribution is -2.55. The minimum absolute atomic E-state index is 0.00256. The zero-order valence-electron chi connectivity index (χ0n) is 10.3. The summed E-state index contributed by atoms with van der Waals surface area (Å²) in [5.74, 6) is -1.17. The second-order valence-electron chi connectivity index (χ2n) is 4.57. The van der Waals surface area contributed by atoms with Gasteiger partial charge >= 0.3 is 12.0 Å². The molecule has 2 rings (SSSR count). The number of rotatable bonds is 1. The lowest BCUT2D eigenvalue weighted by atomic mass is 10.3. The van der Waals surface area contributed by atoms with E-state index in [0.717, 1.165) is 0 Å². The SMILES string of the molecule is O=C(O)C1CN(C(=O)N2CCS(=O)(=O)CC2)CCO1. The van der Waals surface area contributed by atoms with Gasteiger partial charge in [-0.1, -0.05) is 0 Å². The van der Waals surface area contributed by atoms with E-state index in [1.54, 1.807) is 0 Å². The Morgan fingerprint density at radius 1 is 1.11 bits per heavy atom. The van der Waals surface area contributed by atoms with Crippen LogP contribution >= 0.6 is 0 Å². The first-order valence-electron chi connectivity index (χ1n) is 5.98. The first-order chi connectivity index (χ1) is 8.89. The number of hydrogen-bond donors (Lipinski definition) is 1. The maximum atomic E-state index is 12.1. The number of amides is 2. The molecule has 1 unspecified atom stereocenters. The molecule has 0 aliphatic carbocycles. The largest absolute Gasteiger partial charge is 0.479 e. The molecule has 0 aromatic heterocycles. The van der Waals surface area contributed by atoms with E-state index in [0.29, 0.717) is 6.54 Å². The summed E-state index contributed by atoms with van der Waals surface area (Å²) in [6, 6.07) is -0.315. The predicted octanol–water partition coefficient (Wildman–Crippen LogP) is -1.38. The Labute approximate surface area is 110 Å². The molecule has 108 valence electrons. The van der Waals surface area contributed by atoms with Gasteiger partial charge in [-0.15, -0.1) is 0 Å². The van der Waals surface area contributed by atoms with Gasteiger partial charge in [0.25, 0.3) is 0 Å². The fourth-order valence-corrected chi connectivity index (χ4v) is 3.28. The van der Waals surface area contributed by atoms with Gasteiger partial charge in [-0.2, -0.15) is 0 Å². The molecule has 0 bridgehead atoms. The highest BCUT2D eigenvalue weighted by atomic mass is 32.2.